The second kappa shape index (κ2) is 16.1. The highest BCUT2D eigenvalue weighted by atomic mass is 32.2. The number of carbonyl (C=O) groups excluding carboxylic acids is 3. The smallest absolute Gasteiger partial charge is 0.272 e. The molecule has 0 aliphatic carbocycles. The van der Waals surface area contributed by atoms with Crippen LogP contribution in [0.3, 0.4) is 0 Å². The fourth-order valence-corrected chi connectivity index (χ4v) is 6.95. The van der Waals surface area contributed by atoms with Gasteiger partial charge in [-0.3, -0.25) is 14.4 Å². The molecule has 8 nitrogen and oxygen atoms in total. The van der Waals surface area contributed by atoms with Crippen molar-refractivity contribution in [3.8, 4) is 17.0 Å². The molecule has 0 saturated carbocycles. The zero-order valence-electron chi connectivity index (χ0n) is 27.4. The van der Waals surface area contributed by atoms with E-state index in [1.807, 2.05) is 60.8 Å². The summed E-state index contributed by atoms with van der Waals surface area (Å²) >= 11 is 2.79. The van der Waals surface area contributed by atoms with Crippen LogP contribution in [0.25, 0.3) is 28.1 Å². The number of para-hydroxylation sites is 1. The maximum atomic E-state index is 13.6. The van der Waals surface area contributed by atoms with Crippen molar-refractivity contribution in [2.45, 2.75) is 23.5 Å². The van der Waals surface area contributed by atoms with Crippen molar-refractivity contribution in [2.75, 3.05) is 17.7 Å². The van der Waals surface area contributed by atoms with Crippen LogP contribution in [0.1, 0.15) is 29.3 Å². The highest BCUT2D eigenvalue weighted by molar-refractivity contribution is 8.00. The first kappa shape index (κ1) is 34.2. The second-order valence-electron chi connectivity index (χ2n) is 11.2. The molecule has 0 bridgehead atoms. The van der Waals surface area contributed by atoms with Gasteiger partial charge in [-0.2, -0.15) is 0 Å². The van der Waals surface area contributed by atoms with Crippen LogP contribution in [0.5, 0.6) is 5.75 Å². The van der Waals surface area contributed by atoms with Gasteiger partial charge in [-0.15, -0.1) is 23.1 Å². The minimum atomic E-state index is -0.516. The highest BCUT2D eigenvalue weighted by Gasteiger charge is 2.21. The molecular weight excluding hydrogens is 665 g/mol. The minimum Gasteiger partial charge on any atom is -0.496 e. The Morgan fingerprint density at radius 1 is 0.840 bits per heavy atom. The maximum absolute atomic E-state index is 13.6. The predicted molar refractivity (Wildman–Crippen MR) is 204 cm³/mol. The average molecular weight is 699 g/mol. The molecule has 1 heterocycles. The van der Waals surface area contributed by atoms with Crippen LogP contribution in [0.2, 0.25) is 0 Å². The van der Waals surface area contributed by atoms with Gasteiger partial charge in [0.2, 0.25) is 5.91 Å². The van der Waals surface area contributed by atoms with Crippen molar-refractivity contribution >= 4 is 68.5 Å². The minimum absolute atomic E-state index is 0.0405. The number of amides is 3. The number of aromatic nitrogens is 1. The first-order chi connectivity index (χ1) is 24.4. The van der Waals surface area contributed by atoms with E-state index in [1.165, 1.54) is 23.1 Å². The van der Waals surface area contributed by atoms with E-state index in [2.05, 4.69) is 45.2 Å². The number of rotatable bonds is 12. The molecule has 10 heteroatoms. The maximum Gasteiger partial charge on any atom is 0.272 e. The molecule has 0 fully saturated rings. The van der Waals surface area contributed by atoms with Crippen LogP contribution < -0.4 is 20.7 Å². The molecule has 3 N–H and O–H groups in total. The molecule has 6 rings (SSSR count). The van der Waals surface area contributed by atoms with Crippen molar-refractivity contribution in [2.24, 2.45) is 0 Å². The Labute approximate surface area is 298 Å². The fraction of sp³-hybridized carbons (Fsp3) is 0.100. The van der Waals surface area contributed by atoms with Crippen LogP contribution in [0.15, 0.2) is 137 Å². The van der Waals surface area contributed by atoms with Gasteiger partial charge in [0.25, 0.3) is 11.8 Å². The van der Waals surface area contributed by atoms with E-state index >= 15 is 0 Å². The Balaban J connectivity index is 1.14. The fourth-order valence-electron chi connectivity index (χ4n) is 5.21. The number of anilines is 2. The summed E-state index contributed by atoms with van der Waals surface area (Å²) < 4.78 is 5.46. The van der Waals surface area contributed by atoms with E-state index in [4.69, 9.17) is 4.74 Å². The molecule has 1 unspecified atom stereocenters. The largest absolute Gasteiger partial charge is 0.496 e. The third-order valence-corrected chi connectivity index (χ3v) is 9.90. The Bertz CT molecular complexity index is 2180. The molecule has 0 aliphatic heterocycles. The third kappa shape index (κ3) is 8.46. The van der Waals surface area contributed by atoms with Crippen molar-refractivity contribution < 1.29 is 19.1 Å². The average Bonchev–Trinajstić information content (AvgIpc) is 3.62. The summed E-state index contributed by atoms with van der Waals surface area (Å²) in [4.78, 5) is 45.6. The Morgan fingerprint density at radius 3 is 2.40 bits per heavy atom. The van der Waals surface area contributed by atoms with Gasteiger partial charge in [0.15, 0.2) is 5.13 Å². The molecule has 3 amide bonds. The number of nitrogens with one attached hydrogen (secondary N) is 3. The summed E-state index contributed by atoms with van der Waals surface area (Å²) in [5.41, 5.74) is 3.38. The first-order valence-electron chi connectivity index (χ1n) is 15.9. The topological polar surface area (TPSA) is 109 Å². The van der Waals surface area contributed by atoms with Crippen molar-refractivity contribution in [1.29, 1.82) is 0 Å². The second-order valence-corrected chi connectivity index (χ2v) is 13.3. The molecule has 5 aromatic carbocycles. The Kier molecular flexibility index (Phi) is 11.0. The van der Waals surface area contributed by atoms with Gasteiger partial charge >= 0.3 is 0 Å². The van der Waals surface area contributed by atoms with Gasteiger partial charge in [0, 0.05) is 32.7 Å². The van der Waals surface area contributed by atoms with Crippen molar-refractivity contribution in [3.63, 3.8) is 0 Å². The summed E-state index contributed by atoms with van der Waals surface area (Å²) in [6.45, 7) is 1.95. The van der Waals surface area contributed by atoms with E-state index < -0.39 is 17.1 Å². The first-order valence-corrected chi connectivity index (χ1v) is 17.7. The van der Waals surface area contributed by atoms with Gasteiger partial charge < -0.3 is 20.7 Å². The highest BCUT2D eigenvalue weighted by Crippen LogP contribution is 2.31. The molecular formula is C40H34N4O4S2. The summed E-state index contributed by atoms with van der Waals surface area (Å²) in [7, 11) is 1.54. The quantitative estimate of drug-likeness (QED) is 0.0870. The molecule has 0 spiro atoms. The third-order valence-electron chi connectivity index (χ3n) is 7.78. The zero-order valence-corrected chi connectivity index (χ0v) is 29.0. The lowest BCUT2D eigenvalue weighted by Gasteiger charge is -2.15. The van der Waals surface area contributed by atoms with Gasteiger partial charge in [-0.25, -0.2) is 4.98 Å². The zero-order chi connectivity index (χ0) is 34.9. The lowest BCUT2D eigenvalue weighted by atomic mass is 10.1. The number of methoxy groups -OCH3 is 1. The standard InChI is InChI=1S/C40H34N4O4S2/c1-3-36(39(47)44-40-43-34(25-49-40)29-21-20-26-12-7-8-15-28(26)22-29)50-32-18-11-17-31(24-32)41-38(46)33(23-30-16-9-10-19-35(30)48-2)42-37(45)27-13-5-4-6-14-27/h4-25,36H,3H2,1-2H3,(H,41,46)(H,42,45)(H,43,44,47)/b33-23+. The van der Waals surface area contributed by atoms with Gasteiger partial charge in [0.1, 0.15) is 11.4 Å². The number of hydrogen-bond acceptors (Lipinski definition) is 7. The van der Waals surface area contributed by atoms with Crippen LogP contribution in [0, 0.1) is 0 Å². The Morgan fingerprint density at radius 2 is 1.60 bits per heavy atom. The lowest BCUT2D eigenvalue weighted by Crippen LogP contribution is -2.30. The van der Waals surface area contributed by atoms with E-state index in [0.29, 0.717) is 34.1 Å². The SMILES string of the molecule is CCC(Sc1cccc(NC(=O)/C(=C\c2ccccc2OC)NC(=O)c2ccccc2)c1)C(=O)Nc1nc(-c2ccc3ccccc3c2)cs1. The molecule has 1 aromatic heterocycles. The van der Waals surface area contributed by atoms with Crippen LogP contribution in [-0.4, -0.2) is 35.1 Å². The molecule has 0 radical (unpaired) electrons. The molecule has 250 valence electrons. The van der Waals surface area contributed by atoms with E-state index in [-0.39, 0.29) is 11.6 Å². The summed E-state index contributed by atoms with van der Waals surface area (Å²) in [6.07, 6.45) is 2.16. The lowest BCUT2D eigenvalue weighted by molar-refractivity contribution is -0.116. The molecule has 0 saturated heterocycles. The number of ether oxygens (including phenoxy) is 1. The normalized spacial score (nSPS) is 11.8. The number of carbonyl (C=O) groups is 3. The number of hydrogen-bond donors (Lipinski definition) is 3. The molecule has 50 heavy (non-hydrogen) atoms. The van der Waals surface area contributed by atoms with Gasteiger partial charge in [-0.1, -0.05) is 85.8 Å². The van der Waals surface area contributed by atoms with Crippen LogP contribution >= 0.6 is 23.1 Å². The van der Waals surface area contributed by atoms with Crippen molar-refractivity contribution in [3.05, 3.63) is 144 Å². The summed E-state index contributed by atoms with van der Waals surface area (Å²) in [5, 5.41) is 13.0. The van der Waals surface area contributed by atoms with Crippen LogP contribution in [-0.2, 0) is 9.59 Å². The monoisotopic (exact) mass is 698 g/mol. The molecule has 1 atom stereocenters. The summed E-state index contributed by atoms with van der Waals surface area (Å²) in [6, 6.07) is 37.5. The van der Waals surface area contributed by atoms with Gasteiger partial charge in [0.05, 0.1) is 18.1 Å². The Hall–Kier alpha value is -5.71. The molecule has 6 aromatic rings. The van der Waals surface area contributed by atoms with Crippen LogP contribution in [0.4, 0.5) is 10.8 Å². The van der Waals surface area contributed by atoms with E-state index in [1.54, 1.807) is 61.7 Å². The number of thioether (sulfide) groups is 1. The summed E-state index contributed by atoms with van der Waals surface area (Å²) in [5.74, 6) is -0.542. The van der Waals surface area contributed by atoms with E-state index in [9.17, 15) is 14.4 Å². The predicted octanol–water partition coefficient (Wildman–Crippen LogP) is 8.89. The number of nitrogens with zero attached hydrogens (tertiary/aromatic N) is 1. The number of thiazole rings is 1. The molecule has 0 aliphatic rings. The number of benzene rings is 5. The van der Waals surface area contributed by atoms with Crippen molar-refractivity contribution in [1.82, 2.24) is 10.3 Å². The van der Waals surface area contributed by atoms with E-state index in [0.717, 1.165) is 26.9 Å². The van der Waals surface area contributed by atoms with Gasteiger partial charge in [-0.05, 0) is 65.7 Å². The number of fused-ring (bicyclic) bond motifs is 1.